The Morgan fingerprint density at radius 2 is 0.925 bits per heavy atom. The van der Waals surface area contributed by atoms with Crippen molar-refractivity contribution in [3.63, 3.8) is 0 Å². The van der Waals surface area contributed by atoms with E-state index < -0.39 is 0 Å². The fourth-order valence-corrected chi connectivity index (χ4v) is 6.66. The molecule has 40 heavy (non-hydrogen) atoms. The Hall–Kier alpha value is -0.123. The summed E-state index contributed by atoms with van der Waals surface area (Å²) in [6.45, 7) is 18.6. The summed E-state index contributed by atoms with van der Waals surface area (Å²) in [6, 6.07) is 3.87. The number of hydrogen-bond acceptors (Lipinski definition) is 1. The Labute approximate surface area is 279 Å². The fourth-order valence-electron chi connectivity index (χ4n) is 6.66. The number of benzene rings is 1. The molecule has 0 atom stereocenters. The molecular formula is C37H64OW2. The summed E-state index contributed by atoms with van der Waals surface area (Å²) in [4.78, 5) is 0. The van der Waals surface area contributed by atoms with Crippen LogP contribution in [0.25, 0.3) is 6.08 Å². The van der Waals surface area contributed by atoms with Crippen molar-refractivity contribution in [1.29, 1.82) is 0 Å². The Kier molecular flexibility index (Phi) is 25.6. The largest absolute Gasteiger partial charge is 0.508 e. The van der Waals surface area contributed by atoms with Gasteiger partial charge in [-0.2, -0.15) is 0 Å². The fraction of sp³-hybridized carbons (Fsp3) is 0.730. The number of allylic oxidation sites excluding steroid dienone is 3. The molecule has 3 heteroatoms. The van der Waals surface area contributed by atoms with Gasteiger partial charge in [-0.05, 0) is 136 Å². The minimum Gasteiger partial charge on any atom is -0.508 e. The van der Waals surface area contributed by atoms with E-state index in [1.165, 1.54) is 88.2 Å². The molecule has 1 nitrogen and oxygen atoms in total. The van der Waals surface area contributed by atoms with Crippen LogP contribution in [0.1, 0.15) is 142 Å². The van der Waals surface area contributed by atoms with Gasteiger partial charge in [0.1, 0.15) is 5.75 Å². The van der Waals surface area contributed by atoms with Gasteiger partial charge in [-0.1, -0.05) is 91.7 Å². The molecule has 0 amide bonds. The summed E-state index contributed by atoms with van der Waals surface area (Å²) < 4.78 is 0. The number of phenolic OH excluding ortho intramolecular Hbond substituents is 1. The Bertz CT molecular complexity index is 791. The second-order valence-electron chi connectivity index (χ2n) is 11.5. The first kappa shape index (κ1) is 42.0. The maximum absolute atomic E-state index is 9.87. The monoisotopic (exact) mass is 892 g/mol. The zero-order valence-corrected chi connectivity index (χ0v) is 33.5. The van der Waals surface area contributed by atoms with Gasteiger partial charge in [0.25, 0.3) is 0 Å². The van der Waals surface area contributed by atoms with E-state index in [2.05, 4.69) is 38.2 Å². The van der Waals surface area contributed by atoms with Gasteiger partial charge in [0.15, 0.2) is 0 Å². The number of rotatable bonds is 5. The summed E-state index contributed by atoms with van der Waals surface area (Å²) in [5.41, 5.74) is 3.45. The van der Waals surface area contributed by atoms with Crippen molar-refractivity contribution < 1.29 is 47.2 Å². The van der Waals surface area contributed by atoms with Crippen LogP contribution in [-0.2, 0) is 42.1 Å². The quantitative estimate of drug-likeness (QED) is 0.292. The van der Waals surface area contributed by atoms with Gasteiger partial charge in [0.2, 0.25) is 0 Å². The van der Waals surface area contributed by atoms with Crippen molar-refractivity contribution in [3.8, 4) is 5.75 Å². The van der Waals surface area contributed by atoms with Gasteiger partial charge in [-0.3, -0.25) is 0 Å². The van der Waals surface area contributed by atoms with E-state index >= 15 is 0 Å². The molecule has 3 aliphatic carbocycles. The van der Waals surface area contributed by atoms with E-state index in [-0.39, 0.29) is 42.1 Å². The van der Waals surface area contributed by atoms with Crippen LogP contribution in [0.5, 0.6) is 5.75 Å². The molecule has 0 heterocycles. The minimum atomic E-state index is 0. The molecule has 0 aliphatic heterocycles. The van der Waals surface area contributed by atoms with Crippen molar-refractivity contribution in [2.24, 2.45) is 35.5 Å². The molecule has 3 fully saturated rings. The predicted octanol–water partition coefficient (Wildman–Crippen LogP) is 12.1. The third kappa shape index (κ3) is 13.9. The third-order valence-corrected chi connectivity index (χ3v) is 9.36. The SMILES string of the molecule is CC.CC.CC.Cc1c(O)ccc(/C=C/C2CCC(/C=C/C3CCC(C4CCC(C)CC4)CC3)CC2)c1C.[W].[W]. The average molecular weight is 893 g/mol. The number of hydrogen-bond donors (Lipinski definition) is 1. The number of phenols is 1. The predicted molar refractivity (Wildman–Crippen MR) is 172 cm³/mol. The Morgan fingerprint density at radius 3 is 1.38 bits per heavy atom. The van der Waals surface area contributed by atoms with Gasteiger partial charge < -0.3 is 5.11 Å². The standard InChI is InChI=1S/C31H46O.3C2H6.2W/c1-22-4-15-29(16-5-22)30-18-13-27(14-19-30)11-8-25-6-9-26(10-7-25)12-17-28-20-21-31(32)24(3)23(28)2;3*1-2;;/h8,11-12,17,20-22,25-27,29-30,32H,4-7,9-10,13-16,18-19H2,1-3H3;3*1-2H3;;/b11-8+,17-12+;;;;;. The van der Waals surface area contributed by atoms with Gasteiger partial charge in [-0.25, -0.2) is 0 Å². The van der Waals surface area contributed by atoms with Crippen LogP contribution in [0.3, 0.4) is 0 Å². The van der Waals surface area contributed by atoms with Gasteiger partial charge in [-0.15, -0.1) is 0 Å². The van der Waals surface area contributed by atoms with E-state index in [1.54, 1.807) is 0 Å². The summed E-state index contributed by atoms with van der Waals surface area (Å²) in [7, 11) is 0. The normalized spacial score (nSPS) is 27.9. The first-order valence-electron chi connectivity index (χ1n) is 16.6. The van der Waals surface area contributed by atoms with Crippen LogP contribution in [0.15, 0.2) is 30.4 Å². The molecule has 4 rings (SSSR count). The van der Waals surface area contributed by atoms with E-state index in [0.717, 1.165) is 35.2 Å². The summed E-state index contributed by atoms with van der Waals surface area (Å²) in [5.74, 6) is 5.84. The maximum Gasteiger partial charge on any atom is 0.118 e. The molecule has 0 bridgehead atoms. The molecule has 0 unspecified atom stereocenters. The first-order chi connectivity index (χ1) is 18.5. The smallest absolute Gasteiger partial charge is 0.118 e. The third-order valence-electron chi connectivity index (χ3n) is 9.36. The number of aromatic hydroxyl groups is 1. The zero-order chi connectivity index (χ0) is 28.5. The minimum absolute atomic E-state index is 0. The molecular weight excluding hydrogens is 828 g/mol. The van der Waals surface area contributed by atoms with Gasteiger partial charge in [0, 0.05) is 42.1 Å². The van der Waals surface area contributed by atoms with E-state index in [0.29, 0.717) is 11.7 Å². The zero-order valence-electron chi connectivity index (χ0n) is 27.7. The van der Waals surface area contributed by atoms with Crippen molar-refractivity contribution in [1.82, 2.24) is 0 Å². The van der Waals surface area contributed by atoms with Crippen LogP contribution in [-0.4, -0.2) is 5.11 Å². The van der Waals surface area contributed by atoms with Crippen molar-refractivity contribution in [3.05, 3.63) is 47.1 Å². The molecule has 0 saturated heterocycles. The molecule has 3 saturated carbocycles. The van der Waals surface area contributed by atoms with Crippen LogP contribution >= 0.6 is 0 Å². The van der Waals surface area contributed by atoms with Crippen molar-refractivity contribution in [2.75, 3.05) is 0 Å². The molecule has 230 valence electrons. The molecule has 1 aromatic rings. The summed E-state index contributed by atoms with van der Waals surface area (Å²) >= 11 is 0. The van der Waals surface area contributed by atoms with Crippen LogP contribution in [0.2, 0.25) is 0 Å². The van der Waals surface area contributed by atoms with E-state index in [9.17, 15) is 5.11 Å². The first-order valence-corrected chi connectivity index (χ1v) is 16.6. The molecule has 1 aromatic carbocycles. The van der Waals surface area contributed by atoms with Gasteiger partial charge in [0.05, 0.1) is 0 Å². The Balaban J connectivity index is 0. The molecule has 3 aliphatic rings. The van der Waals surface area contributed by atoms with Crippen molar-refractivity contribution in [2.45, 2.75) is 139 Å². The van der Waals surface area contributed by atoms with E-state index in [1.807, 2.05) is 60.6 Å². The maximum atomic E-state index is 9.87. The summed E-state index contributed by atoms with van der Waals surface area (Å²) in [6.07, 6.45) is 27.1. The Morgan fingerprint density at radius 1 is 0.550 bits per heavy atom. The van der Waals surface area contributed by atoms with Crippen LogP contribution in [0.4, 0.5) is 0 Å². The molecule has 0 radical (unpaired) electrons. The second-order valence-corrected chi connectivity index (χ2v) is 11.5. The van der Waals surface area contributed by atoms with E-state index in [4.69, 9.17) is 0 Å². The average Bonchev–Trinajstić information content (AvgIpc) is 2.99. The van der Waals surface area contributed by atoms with Crippen LogP contribution in [0, 0.1) is 49.4 Å². The molecule has 0 spiro atoms. The second kappa shape index (κ2) is 24.3. The van der Waals surface area contributed by atoms with Gasteiger partial charge >= 0.3 is 0 Å². The topological polar surface area (TPSA) is 20.2 Å². The molecule has 0 aromatic heterocycles. The van der Waals surface area contributed by atoms with Crippen molar-refractivity contribution >= 4 is 6.08 Å². The molecule has 1 N–H and O–H groups in total. The van der Waals surface area contributed by atoms with Crippen LogP contribution < -0.4 is 0 Å². The summed E-state index contributed by atoms with van der Waals surface area (Å²) in [5, 5.41) is 9.87.